The van der Waals surface area contributed by atoms with E-state index in [1.54, 1.807) is 84.9 Å². The summed E-state index contributed by atoms with van der Waals surface area (Å²) in [5.74, 6) is -0.454. The lowest BCUT2D eigenvalue weighted by Gasteiger charge is -2.32. The number of carbonyl (C=O) groups is 2. The van der Waals surface area contributed by atoms with Gasteiger partial charge in [0.1, 0.15) is 0 Å². The molecule has 2 atom stereocenters. The van der Waals surface area contributed by atoms with E-state index >= 15 is 0 Å². The maximum Gasteiger partial charge on any atom is 0.341 e. The SMILES string of the molecule is O=C(O[C@@H]1Oc2ccccc2O[C@H]1OC(=O)c1ccccc1)c1ccccc1. The van der Waals surface area contributed by atoms with E-state index in [-0.39, 0.29) is 0 Å². The Kier molecular flexibility index (Phi) is 4.93. The average Bonchev–Trinajstić information content (AvgIpc) is 2.75. The van der Waals surface area contributed by atoms with E-state index in [2.05, 4.69) is 0 Å². The summed E-state index contributed by atoms with van der Waals surface area (Å²) in [6.45, 7) is 0. The van der Waals surface area contributed by atoms with Gasteiger partial charge in [0.25, 0.3) is 0 Å². The predicted molar refractivity (Wildman–Crippen MR) is 99.0 cm³/mol. The van der Waals surface area contributed by atoms with Crippen molar-refractivity contribution in [2.24, 2.45) is 0 Å². The maximum absolute atomic E-state index is 12.4. The third kappa shape index (κ3) is 3.81. The molecule has 0 saturated carbocycles. The van der Waals surface area contributed by atoms with E-state index in [1.165, 1.54) is 0 Å². The van der Waals surface area contributed by atoms with Gasteiger partial charge in [-0.05, 0) is 36.4 Å². The zero-order valence-corrected chi connectivity index (χ0v) is 14.7. The number of fused-ring (bicyclic) bond motifs is 1. The smallest absolute Gasteiger partial charge is 0.341 e. The van der Waals surface area contributed by atoms with Crippen LogP contribution in [-0.2, 0) is 9.47 Å². The van der Waals surface area contributed by atoms with E-state index in [1.807, 2.05) is 0 Å². The first-order valence-corrected chi connectivity index (χ1v) is 8.65. The van der Waals surface area contributed by atoms with Gasteiger partial charge in [-0.15, -0.1) is 0 Å². The number of benzene rings is 3. The van der Waals surface area contributed by atoms with Gasteiger partial charge in [-0.2, -0.15) is 0 Å². The fourth-order valence-corrected chi connectivity index (χ4v) is 2.66. The van der Waals surface area contributed by atoms with Crippen LogP contribution in [0.4, 0.5) is 0 Å². The molecule has 0 amide bonds. The summed E-state index contributed by atoms with van der Waals surface area (Å²) in [7, 11) is 0. The first kappa shape index (κ1) is 17.6. The minimum Gasteiger partial charge on any atom is -0.444 e. The van der Waals surface area contributed by atoms with Crippen LogP contribution in [0.15, 0.2) is 84.9 Å². The highest BCUT2D eigenvalue weighted by Crippen LogP contribution is 2.34. The van der Waals surface area contributed by atoms with Crippen molar-refractivity contribution in [3.8, 4) is 11.5 Å². The van der Waals surface area contributed by atoms with Crippen LogP contribution >= 0.6 is 0 Å². The third-order valence-corrected chi connectivity index (χ3v) is 4.02. The molecule has 6 heteroatoms. The highest BCUT2D eigenvalue weighted by Gasteiger charge is 2.38. The molecule has 1 heterocycles. The van der Waals surface area contributed by atoms with Crippen molar-refractivity contribution in [1.82, 2.24) is 0 Å². The Morgan fingerprint density at radius 3 is 1.32 bits per heavy atom. The van der Waals surface area contributed by atoms with Gasteiger partial charge in [0, 0.05) is 0 Å². The van der Waals surface area contributed by atoms with Crippen LogP contribution in [0.5, 0.6) is 11.5 Å². The fourth-order valence-electron chi connectivity index (χ4n) is 2.66. The van der Waals surface area contributed by atoms with E-state index in [9.17, 15) is 9.59 Å². The fraction of sp³-hybridized carbons (Fsp3) is 0.0909. The molecule has 0 N–H and O–H groups in total. The standard InChI is InChI=1S/C22H16O6/c23-19(15-9-3-1-4-10-15)27-21-22(26-18-14-8-7-13-17(18)25-21)28-20(24)16-11-5-2-6-12-16/h1-14,21-22H/t21-,22-/m0/s1. The van der Waals surface area contributed by atoms with Crippen molar-refractivity contribution in [2.75, 3.05) is 0 Å². The molecule has 0 bridgehead atoms. The molecule has 0 aliphatic carbocycles. The van der Waals surface area contributed by atoms with E-state index in [0.29, 0.717) is 22.6 Å². The van der Waals surface area contributed by atoms with Gasteiger partial charge in [-0.3, -0.25) is 0 Å². The quantitative estimate of drug-likeness (QED) is 0.645. The van der Waals surface area contributed by atoms with Gasteiger partial charge in [0.15, 0.2) is 11.5 Å². The van der Waals surface area contributed by atoms with Crippen molar-refractivity contribution < 1.29 is 28.5 Å². The van der Waals surface area contributed by atoms with E-state index in [4.69, 9.17) is 18.9 Å². The Labute approximate surface area is 161 Å². The molecule has 28 heavy (non-hydrogen) atoms. The minimum atomic E-state index is -1.25. The molecule has 0 aromatic heterocycles. The lowest BCUT2D eigenvalue weighted by Crippen LogP contribution is -2.45. The number of para-hydroxylation sites is 2. The summed E-state index contributed by atoms with van der Waals surface area (Å²) in [6, 6.07) is 23.8. The Hall–Kier alpha value is -3.80. The molecule has 0 radical (unpaired) electrons. The van der Waals surface area contributed by atoms with Gasteiger partial charge < -0.3 is 18.9 Å². The Bertz CT molecular complexity index is 890. The third-order valence-electron chi connectivity index (χ3n) is 4.02. The first-order chi connectivity index (χ1) is 13.7. The summed E-state index contributed by atoms with van der Waals surface area (Å²) in [6.07, 6.45) is -2.51. The molecule has 140 valence electrons. The molecule has 6 nitrogen and oxygen atoms in total. The zero-order valence-electron chi connectivity index (χ0n) is 14.7. The molecule has 3 aromatic carbocycles. The van der Waals surface area contributed by atoms with Crippen molar-refractivity contribution in [2.45, 2.75) is 12.6 Å². The summed E-state index contributed by atoms with van der Waals surface area (Å²) >= 11 is 0. The molecular weight excluding hydrogens is 360 g/mol. The predicted octanol–water partition coefficient (Wildman–Crippen LogP) is 3.82. The van der Waals surface area contributed by atoms with Gasteiger partial charge in [0.05, 0.1) is 11.1 Å². The van der Waals surface area contributed by atoms with E-state index < -0.39 is 24.5 Å². The van der Waals surface area contributed by atoms with Crippen LogP contribution in [0.3, 0.4) is 0 Å². The van der Waals surface area contributed by atoms with Crippen LogP contribution < -0.4 is 9.47 Å². The summed E-state index contributed by atoms with van der Waals surface area (Å²) in [5.41, 5.74) is 0.691. The molecular formula is C22H16O6. The molecule has 0 fully saturated rings. The number of hydrogen-bond donors (Lipinski definition) is 0. The van der Waals surface area contributed by atoms with Crippen LogP contribution in [0.1, 0.15) is 20.7 Å². The first-order valence-electron chi connectivity index (χ1n) is 8.65. The highest BCUT2D eigenvalue weighted by molar-refractivity contribution is 5.90. The Morgan fingerprint density at radius 2 is 0.929 bits per heavy atom. The van der Waals surface area contributed by atoms with Gasteiger partial charge in [-0.25, -0.2) is 9.59 Å². The maximum atomic E-state index is 12.4. The van der Waals surface area contributed by atoms with Crippen LogP contribution in [0.25, 0.3) is 0 Å². The Balaban J connectivity index is 1.56. The van der Waals surface area contributed by atoms with Gasteiger partial charge in [-0.1, -0.05) is 48.5 Å². The average molecular weight is 376 g/mol. The minimum absolute atomic E-state index is 0.345. The number of rotatable bonds is 4. The topological polar surface area (TPSA) is 71.1 Å². The Morgan fingerprint density at radius 1 is 0.571 bits per heavy atom. The zero-order chi connectivity index (χ0) is 19.3. The second kappa shape index (κ2) is 7.84. The highest BCUT2D eigenvalue weighted by atomic mass is 16.8. The molecule has 0 saturated heterocycles. The second-order valence-electron chi connectivity index (χ2n) is 5.96. The number of hydrogen-bond acceptors (Lipinski definition) is 6. The van der Waals surface area contributed by atoms with Crippen molar-refractivity contribution in [3.63, 3.8) is 0 Å². The van der Waals surface area contributed by atoms with Crippen LogP contribution in [0.2, 0.25) is 0 Å². The summed E-state index contributed by atoms with van der Waals surface area (Å²) < 4.78 is 22.3. The van der Waals surface area contributed by atoms with Gasteiger partial charge >= 0.3 is 24.5 Å². The second-order valence-corrected chi connectivity index (χ2v) is 5.96. The molecule has 3 aromatic rings. The van der Waals surface area contributed by atoms with Gasteiger partial charge in [0.2, 0.25) is 0 Å². The lowest BCUT2D eigenvalue weighted by molar-refractivity contribution is -0.200. The lowest BCUT2D eigenvalue weighted by atomic mass is 10.2. The van der Waals surface area contributed by atoms with Crippen molar-refractivity contribution >= 4 is 11.9 Å². The summed E-state index contributed by atoms with van der Waals surface area (Å²) in [4.78, 5) is 24.9. The molecule has 0 unspecified atom stereocenters. The summed E-state index contributed by atoms with van der Waals surface area (Å²) in [5, 5.41) is 0. The molecule has 0 spiro atoms. The normalized spacial score (nSPS) is 17.4. The monoisotopic (exact) mass is 376 g/mol. The van der Waals surface area contributed by atoms with Crippen LogP contribution in [0, 0.1) is 0 Å². The van der Waals surface area contributed by atoms with Crippen molar-refractivity contribution in [3.05, 3.63) is 96.1 Å². The number of ether oxygens (including phenoxy) is 4. The number of carbonyl (C=O) groups excluding carboxylic acids is 2. The molecule has 4 rings (SSSR count). The van der Waals surface area contributed by atoms with Crippen LogP contribution in [-0.4, -0.2) is 24.5 Å². The van der Waals surface area contributed by atoms with Crippen molar-refractivity contribution in [1.29, 1.82) is 0 Å². The number of esters is 2. The molecule has 1 aliphatic heterocycles. The molecule has 1 aliphatic rings. The van der Waals surface area contributed by atoms with E-state index in [0.717, 1.165) is 0 Å². The largest absolute Gasteiger partial charge is 0.444 e.